The van der Waals surface area contributed by atoms with Crippen molar-refractivity contribution in [1.29, 1.82) is 0 Å². The van der Waals surface area contributed by atoms with Crippen molar-refractivity contribution in [3.8, 4) is 0 Å². The lowest BCUT2D eigenvalue weighted by Crippen LogP contribution is -2.18. The molecule has 1 aromatic heterocycles. The molecule has 1 N–H and O–H groups in total. The lowest BCUT2D eigenvalue weighted by molar-refractivity contribution is 0.579. The highest BCUT2D eigenvalue weighted by Gasteiger charge is 2.20. The molecule has 0 aliphatic heterocycles. The number of halogens is 4. The maximum Gasteiger partial charge on any atom is 0.148 e. The third-order valence-corrected chi connectivity index (χ3v) is 5.49. The van der Waals surface area contributed by atoms with Crippen LogP contribution in [-0.4, -0.2) is 7.05 Å². The largest absolute Gasteiger partial charge is 0.309 e. The maximum atomic E-state index is 14.2. The van der Waals surface area contributed by atoms with Crippen LogP contribution in [0, 0.1) is 5.82 Å². The van der Waals surface area contributed by atoms with Crippen LogP contribution in [0.15, 0.2) is 32.5 Å². The number of hydrogen-bond acceptors (Lipinski definition) is 2. The first-order chi connectivity index (χ1) is 8.54. The van der Waals surface area contributed by atoms with Gasteiger partial charge in [-0.25, -0.2) is 4.39 Å². The van der Waals surface area contributed by atoms with Crippen LogP contribution < -0.4 is 5.32 Å². The summed E-state index contributed by atoms with van der Waals surface area (Å²) in [6.45, 7) is 0. The van der Waals surface area contributed by atoms with E-state index in [-0.39, 0.29) is 11.1 Å². The first-order valence-electron chi connectivity index (χ1n) is 5.10. The Morgan fingerprint density at radius 3 is 2.56 bits per heavy atom. The molecule has 2 aromatic rings. The lowest BCUT2D eigenvalue weighted by atomic mass is 10.1. The van der Waals surface area contributed by atoms with E-state index in [9.17, 15) is 4.39 Å². The van der Waals surface area contributed by atoms with Crippen LogP contribution in [-0.2, 0) is 0 Å². The molecule has 1 atom stereocenters. The van der Waals surface area contributed by atoms with Gasteiger partial charge in [0.2, 0.25) is 0 Å². The zero-order valence-electron chi connectivity index (χ0n) is 9.31. The predicted molar refractivity (Wildman–Crippen MR) is 82.0 cm³/mol. The van der Waals surface area contributed by atoms with E-state index in [0.29, 0.717) is 10.0 Å². The van der Waals surface area contributed by atoms with Gasteiger partial charge in [0.15, 0.2) is 0 Å². The van der Waals surface area contributed by atoms with Gasteiger partial charge < -0.3 is 5.32 Å². The minimum Gasteiger partial charge on any atom is -0.309 e. The van der Waals surface area contributed by atoms with Gasteiger partial charge in [-0.05, 0) is 57.1 Å². The Morgan fingerprint density at radius 2 is 2.00 bits per heavy atom. The molecule has 0 bridgehead atoms. The van der Waals surface area contributed by atoms with E-state index in [2.05, 4.69) is 37.2 Å². The summed E-state index contributed by atoms with van der Waals surface area (Å²) in [5.41, 5.74) is 0.542. The Morgan fingerprint density at radius 1 is 1.28 bits per heavy atom. The van der Waals surface area contributed by atoms with Gasteiger partial charge in [-0.1, -0.05) is 17.7 Å². The summed E-state index contributed by atoms with van der Waals surface area (Å²) in [6.07, 6.45) is 0. The second-order valence-corrected chi connectivity index (χ2v) is 7.36. The summed E-state index contributed by atoms with van der Waals surface area (Å²) >= 11 is 14.1. The second-order valence-electron chi connectivity index (χ2n) is 3.63. The molecule has 0 saturated heterocycles. The van der Waals surface area contributed by atoms with Gasteiger partial charge in [-0.2, -0.15) is 0 Å². The minimum atomic E-state index is -0.394. The van der Waals surface area contributed by atoms with Gasteiger partial charge >= 0.3 is 0 Å². The summed E-state index contributed by atoms with van der Waals surface area (Å²) in [5, 5.41) is 3.23. The topological polar surface area (TPSA) is 12.0 Å². The highest BCUT2D eigenvalue weighted by molar-refractivity contribution is 9.11. The summed E-state index contributed by atoms with van der Waals surface area (Å²) in [6, 6.07) is 7.20. The van der Waals surface area contributed by atoms with Crippen molar-refractivity contribution in [3.05, 3.63) is 53.8 Å². The smallest absolute Gasteiger partial charge is 0.148 e. The van der Waals surface area contributed by atoms with Gasteiger partial charge in [0.1, 0.15) is 5.82 Å². The van der Waals surface area contributed by atoms with Crippen molar-refractivity contribution in [1.82, 2.24) is 5.32 Å². The SMILES string of the molecule is CNC(c1ccc(Br)s1)c1ccc(Br)c(Cl)c1F. The van der Waals surface area contributed by atoms with E-state index in [1.807, 2.05) is 12.1 Å². The Balaban J connectivity index is 2.49. The fourth-order valence-corrected chi connectivity index (χ4v) is 3.73. The monoisotopic (exact) mass is 411 g/mol. The van der Waals surface area contributed by atoms with Gasteiger partial charge in [0.05, 0.1) is 14.9 Å². The van der Waals surface area contributed by atoms with Gasteiger partial charge in [-0.3, -0.25) is 0 Å². The average molecular weight is 414 g/mol. The molecule has 0 radical (unpaired) electrons. The molecular formula is C12H9Br2ClFNS. The van der Waals surface area contributed by atoms with Crippen LogP contribution in [0.5, 0.6) is 0 Å². The highest BCUT2D eigenvalue weighted by Crippen LogP contribution is 2.36. The van der Waals surface area contributed by atoms with Crippen LogP contribution in [0.2, 0.25) is 5.02 Å². The number of hydrogen-bond donors (Lipinski definition) is 1. The molecule has 6 heteroatoms. The zero-order valence-corrected chi connectivity index (χ0v) is 14.1. The number of rotatable bonds is 3. The first-order valence-corrected chi connectivity index (χ1v) is 7.88. The quantitative estimate of drug-likeness (QED) is 0.667. The standard InChI is InChI=1S/C12H9Br2ClFNS/c1-17-12(8-4-5-9(14)18-8)6-2-3-7(13)10(15)11(6)16/h2-5,12,17H,1H3. The Hall–Kier alpha value is 0.0600. The Labute approximate surface area is 131 Å². The van der Waals surface area contributed by atoms with Crippen LogP contribution in [0.3, 0.4) is 0 Å². The summed E-state index contributed by atoms with van der Waals surface area (Å²) < 4.78 is 15.8. The lowest BCUT2D eigenvalue weighted by Gasteiger charge is -2.16. The molecule has 18 heavy (non-hydrogen) atoms. The molecule has 0 saturated carbocycles. The molecule has 0 aliphatic rings. The molecular weight excluding hydrogens is 404 g/mol. The molecule has 96 valence electrons. The second kappa shape index (κ2) is 6.01. The third-order valence-electron chi connectivity index (χ3n) is 2.54. The maximum absolute atomic E-state index is 14.2. The third kappa shape index (κ3) is 2.80. The fourth-order valence-electron chi connectivity index (χ4n) is 1.70. The van der Waals surface area contributed by atoms with Crippen molar-refractivity contribution < 1.29 is 4.39 Å². The molecule has 1 aromatic carbocycles. The summed E-state index contributed by atoms with van der Waals surface area (Å²) in [4.78, 5) is 1.03. The molecule has 1 heterocycles. The number of nitrogens with one attached hydrogen (secondary N) is 1. The summed E-state index contributed by atoms with van der Waals surface area (Å²) in [5.74, 6) is -0.394. The predicted octanol–water partition coefficient (Wildman–Crippen LogP) is 5.37. The minimum absolute atomic E-state index is 0.114. The normalized spacial score (nSPS) is 12.7. The van der Waals surface area contributed by atoms with E-state index in [0.717, 1.165) is 8.66 Å². The van der Waals surface area contributed by atoms with Gasteiger partial charge in [0, 0.05) is 14.9 Å². The van der Waals surface area contributed by atoms with Crippen molar-refractivity contribution in [2.75, 3.05) is 7.05 Å². The molecule has 0 aliphatic carbocycles. The van der Waals surface area contributed by atoms with E-state index in [1.54, 1.807) is 30.5 Å². The highest BCUT2D eigenvalue weighted by atomic mass is 79.9. The van der Waals surface area contributed by atoms with E-state index < -0.39 is 5.82 Å². The van der Waals surface area contributed by atoms with Crippen LogP contribution in [0.1, 0.15) is 16.5 Å². The van der Waals surface area contributed by atoms with Gasteiger partial charge in [0.25, 0.3) is 0 Å². The Bertz CT molecular complexity index is 573. The van der Waals surface area contributed by atoms with E-state index in [4.69, 9.17) is 11.6 Å². The molecule has 1 unspecified atom stereocenters. The van der Waals surface area contributed by atoms with Crippen molar-refractivity contribution >= 4 is 54.8 Å². The fraction of sp³-hybridized carbons (Fsp3) is 0.167. The zero-order chi connectivity index (χ0) is 13.3. The van der Waals surface area contributed by atoms with Crippen molar-refractivity contribution in [2.45, 2.75) is 6.04 Å². The molecule has 1 nitrogen and oxygen atoms in total. The van der Waals surface area contributed by atoms with E-state index >= 15 is 0 Å². The molecule has 0 amide bonds. The average Bonchev–Trinajstić information content (AvgIpc) is 2.77. The first kappa shape index (κ1) is 14.5. The Kier molecular flexibility index (Phi) is 4.83. The summed E-state index contributed by atoms with van der Waals surface area (Å²) in [7, 11) is 1.80. The number of benzene rings is 1. The van der Waals surface area contributed by atoms with Crippen LogP contribution >= 0.6 is 54.8 Å². The molecule has 2 rings (SSSR count). The molecule has 0 fully saturated rings. The number of thiophene rings is 1. The van der Waals surface area contributed by atoms with Crippen molar-refractivity contribution in [3.63, 3.8) is 0 Å². The van der Waals surface area contributed by atoms with Crippen LogP contribution in [0.4, 0.5) is 4.39 Å². The van der Waals surface area contributed by atoms with Crippen molar-refractivity contribution in [2.24, 2.45) is 0 Å². The van der Waals surface area contributed by atoms with E-state index in [1.165, 1.54) is 0 Å². The van der Waals surface area contributed by atoms with Gasteiger partial charge in [-0.15, -0.1) is 11.3 Å². The molecule has 0 spiro atoms. The van der Waals surface area contributed by atoms with Crippen LogP contribution in [0.25, 0.3) is 0 Å².